The summed E-state index contributed by atoms with van der Waals surface area (Å²) in [6, 6.07) is 5.45. The van der Waals surface area contributed by atoms with Gasteiger partial charge in [-0.25, -0.2) is 0 Å². The van der Waals surface area contributed by atoms with E-state index in [4.69, 9.17) is 21.1 Å². The van der Waals surface area contributed by atoms with Crippen LogP contribution in [0.1, 0.15) is 51.4 Å². The quantitative estimate of drug-likeness (QED) is 0.575. The van der Waals surface area contributed by atoms with E-state index in [1.54, 1.807) is 12.1 Å². The molecule has 5 fully saturated rings. The Morgan fingerprint density at radius 1 is 1.29 bits per heavy atom. The molecule has 4 nitrogen and oxygen atoms in total. The van der Waals surface area contributed by atoms with Gasteiger partial charge in [-0.05, 0) is 81.4 Å². The summed E-state index contributed by atoms with van der Waals surface area (Å²) in [6.45, 7) is 1.31. The van der Waals surface area contributed by atoms with Gasteiger partial charge in [-0.1, -0.05) is 27.5 Å². The number of hydrogen-bond donors (Lipinski definition) is 1. The minimum absolute atomic E-state index is 0.134. The van der Waals surface area contributed by atoms with Crippen molar-refractivity contribution in [3.63, 3.8) is 0 Å². The molecular weight excluding hydrogens is 442 g/mol. The average Bonchev–Trinajstić information content (AvgIpc) is 3.12. The van der Waals surface area contributed by atoms with Crippen LogP contribution in [0.3, 0.4) is 0 Å². The molecular formula is C22H27BrClNO3. The first kappa shape index (κ1) is 19.2. The first-order valence-electron chi connectivity index (χ1n) is 10.5. The molecule has 28 heavy (non-hydrogen) atoms. The third-order valence-corrected chi connectivity index (χ3v) is 8.27. The summed E-state index contributed by atoms with van der Waals surface area (Å²) in [6.07, 6.45) is 8.91. The van der Waals surface area contributed by atoms with Crippen molar-refractivity contribution in [3.8, 4) is 5.75 Å². The van der Waals surface area contributed by atoms with E-state index in [9.17, 15) is 4.79 Å². The fraction of sp³-hybridized carbons (Fsp3) is 0.682. The van der Waals surface area contributed by atoms with Gasteiger partial charge in [0.2, 0.25) is 5.91 Å². The number of nitrogens with one attached hydrogen (secondary N) is 1. The summed E-state index contributed by atoms with van der Waals surface area (Å²) in [5, 5.41) is 3.79. The van der Waals surface area contributed by atoms with Gasteiger partial charge in [0.05, 0.1) is 17.2 Å². The zero-order valence-electron chi connectivity index (χ0n) is 16.0. The van der Waals surface area contributed by atoms with Gasteiger partial charge in [0, 0.05) is 16.0 Å². The Morgan fingerprint density at radius 2 is 2.07 bits per heavy atom. The Balaban J connectivity index is 1.34. The van der Waals surface area contributed by atoms with Crippen molar-refractivity contribution in [3.05, 3.63) is 23.2 Å². The van der Waals surface area contributed by atoms with Crippen molar-refractivity contribution >= 4 is 39.1 Å². The molecule has 3 atom stereocenters. The maximum absolute atomic E-state index is 13.5. The molecule has 1 aliphatic heterocycles. The highest BCUT2D eigenvalue weighted by Gasteiger charge is 2.59. The summed E-state index contributed by atoms with van der Waals surface area (Å²) >= 11 is 10.2. The molecule has 6 heteroatoms. The van der Waals surface area contributed by atoms with Crippen LogP contribution in [0.15, 0.2) is 18.2 Å². The maximum atomic E-state index is 13.5. The summed E-state index contributed by atoms with van der Waals surface area (Å²) in [5.74, 6) is 2.14. The number of anilines is 1. The van der Waals surface area contributed by atoms with E-state index >= 15 is 0 Å². The third-order valence-electron chi connectivity index (χ3n) is 7.11. The number of carbonyl (C=O) groups is 1. The normalized spacial score (nSPS) is 38.6. The molecule has 1 aromatic carbocycles. The van der Waals surface area contributed by atoms with Crippen molar-refractivity contribution in [2.75, 3.05) is 18.5 Å². The van der Waals surface area contributed by atoms with Gasteiger partial charge in [0.1, 0.15) is 12.4 Å². The Labute approximate surface area is 179 Å². The lowest BCUT2D eigenvalue weighted by molar-refractivity contribution is -0.138. The van der Waals surface area contributed by atoms with Crippen LogP contribution in [0.2, 0.25) is 5.02 Å². The van der Waals surface area contributed by atoms with Gasteiger partial charge in [-0.3, -0.25) is 4.79 Å². The predicted molar refractivity (Wildman–Crippen MR) is 113 cm³/mol. The Hall–Kier alpha value is -0.780. The third kappa shape index (κ3) is 3.59. The maximum Gasteiger partial charge on any atom is 0.230 e. The molecule has 1 heterocycles. The molecule has 1 amide bonds. The highest BCUT2D eigenvalue weighted by atomic mass is 79.9. The number of carbonyl (C=O) groups excluding carboxylic acids is 1. The molecule has 0 radical (unpaired) electrons. The summed E-state index contributed by atoms with van der Waals surface area (Å²) < 4.78 is 11.8. The van der Waals surface area contributed by atoms with E-state index in [2.05, 4.69) is 21.2 Å². The Bertz CT molecular complexity index is 765. The molecule has 5 aliphatic rings. The Morgan fingerprint density at radius 3 is 2.75 bits per heavy atom. The lowest BCUT2D eigenvalue weighted by Crippen LogP contribution is -2.57. The van der Waals surface area contributed by atoms with Crippen molar-refractivity contribution < 1.29 is 14.3 Å². The zero-order valence-corrected chi connectivity index (χ0v) is 18.4. The van der Waals surface area contributed by atoms with Gasteiger partial charge in [0.25, 0.3) is 0 Å². The van der Waals surface area contributed by atoms with Gasteiger partial charge in [0.15, 0.2) is 0 Å². The van der Waals surface area contributed by atoms with Crippen LogP contribution in [0, 0.1) is 17.3 Å². The van der Waals surface area contributed by atoms with Crippen LogP contribution in [0.5, 0.6) is 5.75 Å². The van der Waals surface area contributed by atoms with Crippen LogP contribution < -0.4 is 10.1 Å². The molecule has 4 saturated carbocycles. The highest BCUT2D eigenvalue weighted by molar-refractivity contribution is 9.10. The fourth-order valence-corrected chi connectivity index (χ4v) is 7.98. The van der Waals surface area contributed by atoms with E-state index in [1.807, 2.05) is 6.07 Å². The minimum atomic E-state index is -0.262. The van der Waals surface area contributed by atoms with Crippen molar-refractivity contribution in [1.82, 2.24) is 0 Å². The van der Waals surface area contributed by atoms with E-state index in [1.165, 1.54) is 19.3 Å². The topological polar surface area (TPSA) is 47.6 Å². The minimum Gasteiger partial charge on any atom is -0.489 e. The second-order valence-corrected chi connectivity index (χ2v) is 11.6. The number of hydrogen-bond acceptors (Lipinski definition) is 3. The van der Waals surface area contributed by atoms with Crippen LogP contribution in [-0.4, -0.2) is 29.5 Å². The first-order valence-corrected chi connectivity index (χ1v) is 11.6. The number of ether oxygens (including phenoxy) is 2. The lowest BCUT2D eigenvalue weighted by atomic mass is 9.49. The molecule has 6 rings (SSSR count). The monoisotopic (exact) mass is 467 g/mol. The largest absolute Gasteiger partial charge is 0.489 e. The molecule has 1 N–H and O–H groups in total. The molecule has 152 valence electrons. The van der Waals surface area contributed by atoms with E-state index in [0.29, 0.717) is 34.9 Å². The molecule has 1 saturated heterocycles. The van der Waals surface area contributed by atoms with Crippen LogP contribution in [0.25, 0.3) is 0 Å². The summed E-state index contributed by atoms with van der Waals surface area (Å²) in [5.41, 5.74) is 0.414. The van der Waals surface area contributed by atoms with Crippen LogP contribution in [-0.2, 0) is 9.53 Å². The number of benzene rings is 1. The number of rotatable bonds is 5. The molecule has 4 aliphatic carbocycles. The smallest absolute Gasteiger partial charge is 0.230 e. The molecule has 3 unspecified atom stereocenters. The van der Waals surface area contributed by atoms with Crippen molar-refractivity contribution in [1.29, 1.82) is 0 Å². The van der Waals surface area contributed by atoms with E-state index in [0.717, 1.165) is 38.7 Å². The zero-order chi connectivity index (χ0) is 19.4. The molecule has 0 aromatic heterocycles. The highest BCUT2D eigenvalue weighted by Crippen LogP contribution is 2.64. The molecule has 0 spiro atoms. The second-order valence-electron chi connectivity index (χ2n) is 9.43. The van der Waals surface area contributed by atoms with Gasteiger partial charge < -0.3 is 14.8 Å². The summed E-state index contributed by atoms with van der Waals surface area (Å²) in [4.78, 5) is 13.5. The predicted octanol–water partition coefficient (Wildman–Crippen LogP) is 5.57. The number of amides is 1. The number of alkyl halides is 1. The molecule has 1 aromatic rings. The van der Waals surface area contributed by atoms with E-state index < -0.39 is 0 Å². The molecule has 4 bridgehead atoms. The second kappa shape index (κ2) is 7.17. The van der Waals surface area contributed by atoms with Gasteiger partial charge >= 0.3 is 0 Å². The first-order chi connectivity index (χ1) is 13.4. The SMILES string of the molecule is O=C(Nc1cc(Cl)ccc1OCC1CCCO1)C12CC3CC(CC(Br)(C3)C1)C2. The van der Waals surface area contributed by atoms with Crippen molar-refractivity contribution in [2.24, 2.45) is 17.3 Å². The fourth-order valence-electron chi connectivity index (χ4n) is 6.36. The van der Waals surface area contributed by atoms with Crippen LogP contribution in [0.4, 0.5) is 5.69 Å². The standard InChI is InChI=1S/C22H27BrClNO3/c23-22-10-14-6-15(11-22)9-21(8-14,13-22)20(26)25-18-7-16(24)3-4-19(18)28-12-17-2-1-5-27-17/h3-4,7,14-15,17H,1-2,5-6,8-13H2,(H,25,26). The number of halogens is 2. The van der Waals surface area contributed by atoms with E-state index in [-0.39, 0.29) is 21.8 Å². The van der Waals surface area contributed by atoms with Crippen molar-refractivity contribution in [2.45, 2.75) is 61.8 Å². The van der Waals surface area contributed by atoms with Gasteiger partial charge in [-0.15, -0.1) is 0 Å². The lowest BCUT2D eigenvalue weighted by Gasteiger charge is -2.59. The average molecular weight is 469 g/mol. The summed E-state index contributed by atoms with van der Waals surface area (Å²) in [7, 11) is 0. The van der Waals surface area contributed by atoms with Gasteiger partial charge in [-0.2, -0.15) is 0 Å². The van der Waals surface area contributed by atoms with Crippen LogP contribution >= 0.6 is 27.5 Å². The Kier molecular flexibility index (Phi) is 4.92.